The van der Waals surface area contributed by atoms with Crippen molar-refractivity contribution in [3.8, 4) is 0 Å². The summed E-state index contributed by atoms with van der Waals surface area (Å²) in [6, 6.07) is 0. The molecule has 0 bridgehead atoms. The molecule has 0 aliphatic carbocycles. The highest BCUT2D eigenvalue weighted by Gasteiger charge is 2.11. The molecule has 2 N–H and O–H groups in total. The minimum absolute atomic E-state index is 0.0508. The lowest BCUT2D eigenvalue weighted by atomic mass is 9.88. The summed E-state index contributed by atoms with van der Waals surface area (Å²) in [6.45, 7) is 11.9. The number of hydrogen-bond donors (Lipinski definition) is 1. The topological polar surface area (TPSA) is 60.2 Å². The van der Waals surface area contributed by atoms with Crippen molar-refractivity contribution < 1.29 is 8.42 Å². The second kappa shape index (κ2) is 6.77. The molecule has 0 fully saturated rings. The summed E-state index contributed by atoms with van der Waals surface area (Å²) in [5.74, 6) is 1.04. The first-order chi connectivity index (χ1) is 7.70. The molecular weight excluding hydrogens is 234 g/mol. The van der Waals surface area contributed by atoms with Crippen molar-refractivity contribution in [2.45, 2.75) is 34.1 Å². The first kappa shape index (κ1) is 16.1. The Balaban J connectivity index is 4.57. The zero-order valence-corrected chi connectivity index (χ0v) is 11.9. The van der Waals surface area contributed by atoms with E-state index in [0.29, 0.717) is 11.8 Å². The van der Waals surface area contributed by atoms with Gasteiger partial charge in [0.15, 0.2) is 0 Å². The number of allylic oxidation sites excluding steroid dienone is 4. The molecule has 0 aromatic heterocycles. The van der Waals surface area contributed by atoms with Crippen LogP contribution in [-0.2, 0) is 10.0 Å². The van der Waals surface area contributed by atoms with Crippen LogP contribution in [0, 0.1) is 11.8 Å². The van der Waals surface area contributed by atoms with Crippen LogP contribution in [0.2, 0.25) is 0 Å². The molecular formula is C13H23NO2S. The van der Waals surface area contributed by atoms with E-state index in [0.717, 1.165) is 6.42 Å². The standard InChI is InChI=1S/C13H23NO2S/c1-6-13(12(5)10(2)3)9-7-8-11(4)17(14,15)16/h6-8,10,12H,4,9H2,1-3,5H3,(H2,14,15,16)/b8-7?,13-6+. The van der Waals surface area contributed by atoms with Crippen molar-refractivity contribution in [2.75, 3.05) is 0 Å². The molecule has 1 unspecified atom stereocenters. The van der Waals surface area contributed by atoms with Crippen LogP contribution >= 0.6 is 0 Å². The van der Waals surface area contributed by atoms with E-state index in [1.54, 1.807) is 6.08 Å². The molecule has 0 amide bonds. The molecule has 3 nitrogen and oxygen atoms in total. The molecule has 0 spiro atoms. The molecule has 0 aliphatic rings. The fourth-order valence-corrected chi connectivity index (χ4v) is 1.70. The fourth-order valence-electron chi connectivity index (χ4n) is 1.42. The summed E-state index contributed by atoms with van der Waals surface area (Å²) in [6.07, 6.45) is 6.06. The quantitative estimate of drug-likeness (QED) is 0.587. The molecule has 17 heavy (non-hydrogen) atoms. The zero-order chi connectivity index (χ0) is 13.6. The summed E-state index contributed by atoms with van der Waals surface area (Å²) < 4.78 is 21.9. The van der Waals surface area contributed by atoms with Gasteiger partial charge in [0.25, 0.3) is 0 Å². The van der Waals surface area contributed by atoms with Gasteiger partial charge in [-0.3, -0.25) is 0 Å². The fraction of sp³-hybridized carbons (Fsp3) is 0.538. The molecule has 4 heteroatoms. The Hall–Kier alpha value is -0.870. The minimum Gasteiger partial charge on any atom is -0.225 e. The predicted octanol–water partition coefficient (Wildman–Crippen LogP) is 2.97. The van der Waals surface area contributed by atoms with Crippen LogP contribution in [0.15, 0.2) is 35.3 Å². The van der Waals surface area contributed by atoms with Gasteiger partial charge in [-0.1, -0.05) is 45.1 Å². The van der Waals surface area contributed by atoms with Gasteiger partial charge in [-0.2, -0.15) is 0 Å². The van der Waals surface area contributed by atoms with Gasteiger partial charge in [0, 0.05) is 0 Å². The van der Waals surface area contributed by atoms with Crippen LogP contribution in [-0.4, -0.2) is 8.42 Å². The third-order valence-corrected chi connectivity index (χ3v) is 3.85. The van der Waals surface area contributed by atoms with Gasteiger partial charge in [0.05, 0.1) is 4.91 Å². The average Bonchev–Trinajstić information content (AvgIpc) is 2.21. The van der Waals surface area contributed by atoms with Gasteiger partial charge in [-0.05, 0) is 31.3 Å². The Morgan fingerprint density at radius 2 is 1.88 bits per heavy atom. The highest BCUT2D eigenvalue weighted by molar-refractivity contribution is 7.93. The molecule has 0 rings (SSSR count). The number of primary sulfonamides is 1. The number of sulfonamides is 1. The van der Waals surface area contributed by atoms with Crippen LogP contribution in [0.5, 0.6) is 0 Å². The van der Waals surface area contributed by atoms with Gasteiger partial charge in [-0.25, -0.2) is 13.6 Å². The van der Waals surface area contributed by atoms with E-state index in [1.807, 2.05) is 6.92 Å². The van der Waals surface area contributed by atoms with Crippen molar-refractivity contribution in [3.63, 3.8) is 0 Å². The van der Waals surface area contributed by atoms with Crippen LogP contribution < -0.4 is 5.14 Å². The average molecular weight is 257 g/mol. The Bertz CT molecular complexity index is 417. The van der Waals surface area contributed by atoms with Crippen LogP contribution in [0.1, 0.15) is 34.1 Å². The van der Waals surface area contributed by atoms with Crippen LogP contribution in [0.3, 0.4) is 0 Å². The highest BCUT2D eigenvalue weighted by Crippen LogP contribution is 2.23. The maximum Gasteiger partial charge on any atom is 0.237 e. The first-order valence-corrected chi connectivity index (χ1v) is 7.28. The number of nitrogens with two attached hydrogens (primary N) is 1. The highest BCUT2D eigenvalue weighted by atomic mass is 32.2. The Morgan fingerprint density at radius 3 is 2.24 bits per heavy atom. The second-order valence-electron chi connectivity index (χ2n) is 4.51. The zero-order valence-electron chi connectivity index (χ0n) is 11.1. The molecule has 1 atom stereocenters. The smallest absolute Gasteiger partial charge is 0.225 e. The summed E-state index contributed by atoms with van der Waals surface area (Å²) in [5.41, 5.74) is 1.29. The van der Waals surface area contributed by atoms with Gasteiger partial charge in [0.1, 0.15) is 0 Å². The Morgan fingerprint density at radius 1 is 1.35 bits per heavy atom. The molecule has 0 radical (unpaired) electrons. The normalized spacial score (nSPS) is 15.5. The number of hydrogen-bond acceptors (Lipinski definition) is 2. The largest absolute Gasteiger partial charge is 0.237 e. The minimum atomic E-state index is -3.64. The summed E-state index contributed by atoms with van der Waals surface area (Å²) >= 11 is 0. The van der Waals surface area contributed by atoms with Crippen molar-refractivity contribution in [1.82, 2.24) is 0 Å². The SMILES string of the molecule is C=C(C=CC/C(=C\C)C(C)C(C)C)S(N)(=O)=O. The van der Waals surface area contributed by atoms with Crippen LogP contribution in [0.25, 0.3) is 0 Å². The Labute approximate surface area is 105 Å². The molecule has 0 aromatic rings. The van der Waals surface area contributed by atoms with Gasteiger partial charge >= 0.3 is 0 Å². The lowest BCUT2D eigenvalue weighted by Gasteiger charge is -2.18. The second-order valence-corrected chi connectivity index (χ2v) is 6.13. The lowest BCUT2D eigenvalue weighted by Crippen LogP contribution is -2.12. The van der Waals surface area contributed by atoms with Crippen molar-refractivity contribution in [2.24, 2.45) is 17.0 Å². The van der Waals surface area contributed by atoms with Crippen molar-refractivity contribution in [3.05, 3.63) is 35.3 Å². The first-order valence-electron chi connectivity index (χ1n) is 5.73. The number of rotatable bonds is 6. The molecule has 0 aromatic carbocycles. The molecule has 0 aliphatic heterocycles. The van der Waals surface area contributed by atoms with Crippen molar-refractivity contribution >= 4 is 10.0 Å². The van der Waals surface area contributed by atoms with E-state index >= 15 is 0 Å². The summed E-state index contributed by atoms with van der Waals surface area (Å²) in [7, 11) is -3.64. The third-order valence-electron chi connectivity index (χ3n) is 2.98. The molecule has 0 saturated carbocycles. The summed E-state index contributed by atoms with van der Waals surface area (Å²) in [5, 5.41) is 4.94. The maximum absolute atomic E-state index is 10.9. The van der Waals surface area contributed by atoms with E-state index in [9.17, 15) is 8.42 Å². The third kappa shape index (κ3) is 5.84. The summed E-state index contributed by atoms with van der Waals surface area (Å²) in [4.78, 5) is -0.0508. The molecule has 0 heterocycles. The predicted molar refractivity (Wildman–Crippen MR) is 73.8 cm³/mol. The van der Waals surface area contributed by atoms with E-state index in [-0.39, 0.29) is 4.91 Å². The van der Waals surface area contributed by atoms with E-state index in [4.69, 9.17) is 5.14 Å². The van der Waals surface area contributed by atoms with E-state index in [1.165, 1.54) is 11.6 Å². The van der Waals surface area contributed by atoms with E-state index in [2.05, 4.69) is 33.4 Å². The Kier molecular flexibility index (Phi) is 6.42. The van der Waals surface area contributed by atoms with Crippen molar-refractivity contribution in [1.29, 1.82) is 0 Å². The molecule has 0 saturated heterocycles. The van der Waals surface area contributed by atoms with Gasteiger partial charge in [-0.15, -0.1) is 0 Å². The molecule has 98 valence electrons. The monoisotopic (exact) mass is 257 g/mol. The lowest BCUT2D eigenvalue weighted by molar-refractivity contribution is 0.473. The van der Waals surface area contributed by atoms with Gasteiger partial charge < -0.3 is 0 Å². The van der Waals surface area contributed by atoms with Crippen LogP contribution in [0.4, 0.5) is 0 Å². The van der Waals surface area contributed by atoms with Gasteiger partial charge in [0.2, 0.25) is 10.0 Å². The van der Waals surface area contributed by atoms with E-state index < -0.39 is 10.0 Å². The maximum atomic E-state index is 10.9.